The number of piperazine rings is 1. The van der Waals surface area contributed by atoms with Crippen molar-refractivity contribution in [2.75, 3.05) is 50.7 Å². The number of benzene rings is 1. The smallest absolute Gasteiger partial charge is 0.245 e. The maximum absolute atomic E-state index is 13.2. The molecular weight excluding hydrogens is 461 g/mol. The van der Waals surface area contributed by atoms with Gasteiger partial charge in [0.2, 0.25) is 11.9 Å². The zero-order valence-electron chi connectivity index (χ0n) is 20.5. The Kier molecular flexibility index (Phi) is 7.47. The van der Waals surface area contributed by atoms with E-state index in [4.69, 9.17) is 0 Å². The second-order valence-electron chi connectivity index (χ2n) is 9.50. The number of nitrogens with zero attached hydrogens (tertiary/aromatic N) is 7. The fourth-order valence-electron chi connectivity index (χ4n) is 4.76. The van der Waals surface area contributed by atoms with Crippen LogP contribution in [0.15, 0.2) is 36.8 Å². The van der Waals surface area contributed by atoms with Gasteiger partial charge in [-0.3, -0.25) is 14.6 Å². The van der Waals surface area contributed by atoms with Gasteiger partial charge in [-0.1, -0.05) is 0 Å². The first kappa shape index (κ1) is 24.3. The van der Waals surface area contributed by atoms with E-state index >= 15 is 0 Å². The number of imidazole rings is 1. The summed E-state index contributed by atoms with van der Waals surface area (Å²) < 4.78 is 13.2. The van der Waals surface area contributed by atoms with Gasteiger partial charge in [0.05, 0.1) is 30.5 Å². The number of aromatic amines is 1. The zero-order chi connectivity index (χ0) is 24.9. The van der Waals surface area contributed by atoms with Crippen molar-refractivity contribution in [3.8, 4) is 11.3 Å². The van der Waals surface area contributed by atoms with Gasteiger partial charge in [-0.15, -0.1) is 5.10 Å². The van der Waals surface area contributed by atoms with Gasteiger partial charge in [0.25, 0.3) is 0 Å². The molecule has 0 spiro atoms. The van der Waals surface area contributed by atoms with Crippen LogP contribution in [0.3, 0.4) is 0 Å². The largest absolute Gasteiger partial charge is 0.352 e. The predicted molar refractivity (Wildman–Crippen MR) is 134 cm³/mol. The average molecular weight is 494 g/mol. The molecule has 5 rings (SSSR count). The number of hydrogen-bond donors (Lipinski definition) is 2. The highest BCUT2D eigenvalue weighted by molar-refractivity contribution is 5.78. The van der Waals surface area contributed by atoms with Gasteiger partial charge in [-0.05, 0) is 44.0 Å². The second-order valence-corrected chi connectivity index (χ2v) is 9.50. The van der Waals surface area contributed by atoms with Gasteiger partial charge in [-0.25, -0.2) is 14.4 Å². The minimum atomic E-state index is -0.285. The molecule has 2 aromatic heterocycles. The molecule has 36 heavy (non-hydrogen) atoms. The van der Waals surface area contributed by atoms with Crippen LogP contribution >= 0.6 is 0 Å². The SMILES string of the molecule is Cc1[nH]cnc1CN1CCC(NC(=O)CN2CCN(c3nncc(-c4ccc(F)cc4)n3)CC2)CC1. The van der Waals surface area contributed by atoms with Crippen LogP contribution in [-0.4, -0.2) is 92.7 Å². The van der Waals surface area contributed by atoms with E-state index in [1.54, 1.807) is 24.7 Å². The van der Waals surface area contributed by atoms with Gasteiger partial charge < -0.3 is 15.2 Å². The summed E-state index contributed by atoms with van der Waals surface area (Å²) in [6.45, 7) is 8.14. The van der Waals surface area contributed by atoms with Crippen molar-refractivity contribution >= 4 is 11.9 Å². The first-order valence-corrected chi connectivity index (χ1v) is 12.5. The summed E-state index contributed by atoms with van der Waals surface area (Å²) in [5.41, 5.74) is 3.67. The molecule has 0 unspecified atom stereocenters. The number of halogens is 1. The Morgan fingerprint density at radius 1 is 1.08 bits per heavy atom. The number of aryl methyl sites for hydroxylation is 1. The number of hydrogen-bond acceptors (Lipinski definition) is 8. The van der Waals surface area contributed by atoms with Crippen LogP contribution in [0.4, 0.5) is 10.3 Å². The predicted octanol–water partition coefficient (Wildman–Crippen LogP) is 1.61. The van der Waals surface area contributed by atoms with E-state index in [0.29, 0.717) is 31.3 Å². The number of carbonyl (C=O) groups is 1. The Hall–Kier alpha value is -3.44. The molecule has 0 radical (unpaired) electrons. The molecule has 0 atom stereocenters. The molecular formula is C25H32FN9O. The van der Waals surface area contributed by atoms with Gasteiger partial charge >= 0.3 is 0 Å². The number of H-pyrrole nitrogens is 1. The summed E-state index contributed by atoms with van der Waals surface area (Å²) in [5.74, 6) is 0.353. The molecule has 4 heterocycles. The quantitative estimate of drug-likeness (QED) is 0.512. The lowest BCUT2D eigenvalue weighted by atomic mass is 10.0. The van der Waals surface area contributed by atoms with E-state index in [-0.39, 0.29) is 17.8 Å². The molecule has 2 aliphatic heterocycles. The van der Waals surface area contributed by atoms with Crippen molar-refractivity contribution in [3.05, 3.63) is 54.0 Å². The third-order valence-electron chi connectivity index (χ3n) is 6.97. The standard InChI is InChI=1S/C25H32FN9O/c1-18-23(28-17-27-18)15-33-8-6-21(7-9-33)30-24(36)16-34-10-12-35(13-11-34)25-31-22(14-29-32-25)19-2-4-20(26)5-3-19/h2-5,14,17,21H,6-13,15-16H2,1H3,(H,27,28)(H,30,36). The zero-order valence-corrected chi connectivity index (χ0v) is 20.5. The molecule has 1 amide bonds. The Morgan fingerprint density at radius 2 is 1.83 bits per heavy atom. The van der Waals surface area contributed by atoms with Crippen molar-refractivity contribution in [2.24, 2.45) is 0 Å². The molecule has 11 heteroatoms. The molecule has 0 aliphatic carbocycles. The Balaban J connectivity index is 1.05. The first-order chi connectivity index (χ1) is 17.5. The third-order valence-corrected chi connectivity index (χ3v) is 6.97. The minimum Gasteiger partial charge on any atom is -0.352 e. The van der Waals surface area contributed by atoms with Crippen LogP contribution in [0, 0.1) is 12.7 Å². The normalized spacial score (nSPS) is 17.9. The molecule has 3 aromatic rings. The topological polar surface area (TPSA) is 106 Å². The van der Waals surface area contributed by atoms with Crippen LogP contribution in [-0.2, 0) is 11.3 Å². The Bertz CT molecular complexity index is 1150. The van der Waals surface area contributed by atoms with Crippen LogP contribution in [0.1, 0.15) is 24.2 Å². The van der Waals surface area contributed by atoms with E-state index in [0.717, 1.165) is 62.5 Å². The molecule has 0 bridgehead atoms. The number of amides is 1. The number of likely N-dealkylation sites (tertiary alicyclic amines) is 1. The number of anilines is 1. The summed E-state index contributed by atoms with van der Waals surface area (Å²) in [6.07, 6.45) is 5.24. The highest BCUT2D eigenvalue weighted by atomic mass is 19.1. The van der Waals surface area contributed by atoms with Crippen molar-refractivity contribution < 1.29 is 9.18 Å². The highest BCUT2D eigenvalue weighted by Gasteiger charge is 2.24. The number of nitrogens with one attached hydrogen (secondary N) is 2. The van der Waals surface area contributed by atoms with Crippen molar-refractivity contribution in [3.63, 3.8) is 0 Å². The maximum Gasteiger partial charge on any atom is 0.245 e. The van der Waals surface area contributed by atoms with Gasteiger partial charge in [0.15, 0.2) is 0 Å². The monoisotopic (exact) mass is 493 g/mol. The van der Waals surface area contributed by atoms with Crippen LogP contribution in [0.25, 0.3) is 11.3 Å². The van der Waals surface area contributed by atoms with E-state index in [1.807, 2.05) is 6.92 Å². The average Bonchev–Trinajstić information content (AvgIpc) is 3.30. The van der Waals surface area contributed by atoms with Crippen LogP contribution < -0.4 is 10.2 Å². The van der Waals surface area contributed by atoms with Gasteiger partial charge in [0, 0.05) is 63.1 Å². The Morgan fingerprint density at radius 3 is 2.53 bits per heavy atom. The summed E-state index contributed by atoms with van der Waals surface area (Å²) in [5, 5.41) is 11.5. The maximum atomic E-state index is 13.2. The summed E-state index contributed by atoms with van der Waals surface area (Å²) in [4.78, 5) is 31.5. The lowest BCUT2D eigenvalue weighted by molar-refractivity contribution is -0.123. The minimum absolute atomic E-state index is 0.0845. The van der Waals surface area contributed by atoms with Crippen molar-refractivity contribution in [1.82, 2.24) is 40.3 Å². The summed E-state index contributed by atoms with van der Waals surface area (Å²) in [6, 6.07) is 6.41. The number of rotatable bonds is 7. The van der Waals surface area contributed by atoms with Crippen LogP contribution in [0.2, 0.25) is 0 Å². The molecule has 2 fully saturated rings. The molecule has 10 nitrogen and oxygen atoms in total. The number of piperidine rings is 1. The van der Waals surface area contributed by atoms with Gasteiger partial charge in [0.1, 0.15) is 5.82 Å². The molecule has 190 valence electrons. The first-order valence-electron chi connectivity index (χ1n) is 12.5. The van der Waals surface area contributed by atoms with Crippen molar-refractivity contribution in [2.45, 2.75) is 32.4 Å². The summed E-state index contributed by atoms with van der Waals surface area (Å²) in [7, 11) is 0. The number of aromatic nitrogens is 5. The number of carbonyl (C=O) groups excluding carboxylic acids is 1. The molecule has 2 aliphatic rings. The second kappa shape index (κ2) is 11.1. The van der Waals surface area contributed by atoms with E-state index < -0.39 is 0 Å². The van der Waals surface area contributed by atoms with Gasteiger partial charge in [-0.2, -0.15) is 5.10 Å². The highest BCUT2D eigenvalue weighted by Crippen LogP contribution is 2.19. The van der Waals surface area contributed by atoms with E-state index in [2.05, 4.69) is 45.2 Å². The molecule has 2 saturated heterocycles. The van der Waals surface area contributed by atoms with E-state index in [9.17, 15) is 9.18 Å². The van der Waals surface area contributed by atoms with Crippen molar-refractivity contribution in [1.29, 1.82) is 0 Å². The molecule has 1 aromatic carbocycles. The molecule has 2 N–H and O–H groups in total. The van der Waals surface area contributed by atoms with Crippen LogP contribution in [0.5, 0.6) is 0 Å². The third kappa shape index (κ3) is 6.03. The summed E-state index contributed by atoms with van der Waals surface area (Å²) >= 11 is 0. The Labute approximate surface area is 209 Å². The lowest BCUT2D eigenvalue weighted by Gasteiger charge is -2.35. The fraction of sp³-hybridized carbons (Fsp3) is 0.480. The fourth-order valence-corrected chi connectivity index (χ4v) is 4.76. The lowest BCUT2D eigenvalue weighted by Crippen LogP contribution is -2.52. The molecule has 0 saturated carbocycles. The van der Waals surface area contributed by atoms with E-state index in [1.165, 1.54) is 12.1 Å².